The number of hydrogen-bond acceptors (Lipinski definition) is 3. The summed E-state index contributed by atoms with van der Waals surface area (Å²) in [5.41, 5.74) is 1.27. The van der Waals surface area contributed by atoms with Gasteiger partial charge in [-0.1, -0.05) is 0 Å². The highest BCUT2D eigenvalue weighted by Gasteiger charge is 2.11. The van der Waals surface area contributed by atoms with Gasteiger partial charge in [-0.3, -0.25) is 9.58 Å². The van der Waals surface area contributed by atoms with Crippen molar-refractivity contribution in [2.45, 2.75) is 6.54 Å². The van der Waals surface area contributed by atoms with E-state index in [0.717, 1.165) is 32.8 Å². The average molecular weight is 181 g/mol. The second-order valence-corrected chi connectivity index (χ2v) is 3.33. The molecule has 1 saturated heterocycles. The summed E-state index contributed by atoms with van der Waals surface area (Å²) >= 11 is 0. The molecular weight excluding hydrogens is 166 g/mol. The minimum Gasteiger partial charge on any atom is -0.379 e. The van der Waals surface area contributed by atoms with Gasteiger partial charge in [0.1, 0.15) is 0 Å². The van der Waals surface area contributed by atoms with Crippen LogP contribution in [-0.4, -0.2) is 41.0 Å². The third-order valence-electron chi connectivity index (χ3n) is 2.41. The van der Waals surface area contributed by atoms with Gasteiger partial charge in [-0.25, -0.2) is 0 Å². The van der Waals surface area contributed by atoms with Crippen LogP contribution in [0, 0.1) is 0 Å². The number of morpholine rings is 1. The summed E-state index contributed by atoms with van der Waals surface area (Å²) in [6.45, 7) is 4.77. The van der Waals surface area contributed by atoms with Crippen LogP contribution in [0.15, 0.2) is 12.3 Å². The first-order chi connectivity index (χ1) is 6.36. The number of nitrogens with zero attached hydrogens (tertiary/aromatic N) is 3. The average Bonchev–Trinajstić information content (AvgIpc) is 2.54. The highest BCUT2D eigenvalue weighted by molar-refractivity contribution is 4.99. The first-order valence-electron chi connectivity index (χ1n) is 4.63. The van der Waals surface area contributed by atoms with E-state index in [1.165, 1.54) is 5.69 Å². The zero-order valence-corrected chi connectivity index (χ0v) is 7.94. The molecule has 0 aliphatic carbocycles. The third kappa shape index (κ3) is 2.08. The van der Waals surface area contributed by atoms with Gasteiger partial charge in [0, 0.05) is 32.9 Å². The fourth-order valence-electron chi connectivity index (χ4n) is 1.54. The first-order valence-corrected chi connectivity index (χ1v) is 4.63. The molecule has 72 valence electrons. The van der Waals surface area contributed by atoms with Crippen LogP contribution < -0.4 is 0 Å². The lowest BCUT2D eigenvalue weighted by molar-refractivity contribution is 0.0331. The van der Waals surface area contributed by atoms with Gasteiger partial charge >= 0.3 is 0 Å². The molecule has 1 aromatic rings. The van der Waals surface area contributed by atoms with Crippen molar-refractivity contribution in [3.05, 3.63) is 18.0 Å². The maximum absolute atomic E-state index is 5.29. The van der Waals surface area contributed by atoms with Crippen LogP contribution in [0.2, 0.25) is 0 Å². The van der Waals surface area contributed by atoms with Crippen molar-refractivity contribution in [2.75, 3.05) is 26.3 Å². The van der Waals surface area contributed by atoms with E-state index in [4.69, 9.17) is 4.74 Å². The summed E-state index contributed by atoms with van der Waals surface area (Å²) in [5, 5.41) is 4.14. The maximum atomic E-state index is 5.29. The van der Waals surface area contributed by atoms with Gasteiger partial charge in [0.15, 0.2) is 0 Å². The van der Waals surface area contributed by atoms with Crippen LogP contribution >= 0.6 is 0 Å². The normalized spacial score (nSPS) is 19.2. The Hall–Kier alpha value is -0.870. The molecule has 4 nitrogen and oxygen atoms in total. The largest absolute Gasteiger partial charge is 0.379 e. The summed E-state index contributed by atoms with van der Waals surface area (Å²) in [5.74, 6) is 0. The van der Waals surface area contributed by atoms with E-state index in [1.54, 1.807) is 0 Å². The molecule has 0 N–H and O–H groups in total. The molecule has 0 amide bonds. The summed E-state index contributed by atoms with van der Waals surface area (Å²) in [6.07, 6.45) is 1.84. The Morgan fingerprint density at radius 1 is 1.46 bits per heavy atom. The third-order valence-corrected chi connectivity index (χ3v) is 2.41. The zero-order valence-electron chi connectivity index (χ0n) is 7.94. The van der Waals surface area contributed by atoms with E-state index < -0.39 is 0 Å². The SMILES string of the molecule is Cn1nccc1CN1CCOCC1. The fraction of sp³-hybridized carbons (Fsp3) is 0.667. The van der Waals surface area contributed by atoms with Crippen molar-refractivity contribution < 1.29 is 4.74 Å². The smallest absolute Gasteiger partial charge is 0.0594 e. The predicted octanol–water partition coefficient (Wildman–Crippen LogP) is 0.252. The van der Waals surface area contributed by atoms with Crippen molar-refractivity contribution in [1.82, 2.24) is 14.7 Å². The molecule has 13 heavy (non-hydrogen) atoms. The van der Waals surface area contributed by atoms with Crippen LogP contribution in [-0.2, 0) is 18.3 Å². The van der Waals surface area contributed by atoms with Crippen molar-refractivity contribution in [3.63, 3.8) is 0 Å². The summed E-state index contributed by atoms with van der Waals surface area (Å²) in [4.78, 5) is 2.39. The van der Waals surface area contributed by atoms with Crippen LogP contribution in [0.4, 0.5) is 0 Å². The van der Waals surface area contributed by atoms with Gasteiger partial charge < -0.3 is 4.74 Å². The lowest BCUT2D eigenvalue weighted by Gasteiger charge is -2.26. The monoisotopic (exact) mass is 181 g/mol. The Labute approximate surface area is 78.1 Å². The van der Waals surface area contributed by atoms with Gasteiger partial charge in [0.05, 0.1) is 18.9 Å². The number of aromatic nitrogens is 2. The number of ether oxygens (including phenoxy) is 1. The van der Waals surface area contributed by atoms with Gasteiger partial charge in [0.25, 0.3) is 0 Å². The summed E-state index contributed by atoms with van der Waals surface area (Å²) < 4.78 is 7.21. The molecule has 2 heterocycles. The van der Waals surface area contributed by atoms with Crippen molar-refractivity contribution in [1.29, 1.82) is 0 Å². The molecule has 0 spiro atoms. The van der Waals surface area contributed by atoms with Crippen molar-refractivity contribution in [3.8, 4) is 0 Å². The zero-order chi connectivity index (χ0) is 9.10. The molecular formula is C9H15N3O. The lowest BCUT2D eigenvalue weighted by Crippen LogP contribution is -2.36. The molecule has 0 bridgehead atoms. The molecule has 1 fully saturated rings. The molecule has 0 unspecified atom stereocenters. The molecule has 4 heteroatoms. The molecule has 0 saturated carbocycles. The van der Waals surface area contributed by atoms with Crippen LogP contribution in [0.3, 0.4) is 0 Å². The second kappa shape index (κ2) is 3.89. The minimum atomic E-state index is 0.859. The molecule has 1 aromatic heterocycles. The number of aryl methyl sites for hydroxylation is 1. The molecule has 0 atom stereocenters. The lowest BCUT2D eigenvalue weighted by atomic mass is 10.3. The fourth-order valence-corrected chi connectivity index (χ4v) is 1.54. The Kier molecular flexibility index (Phi) is 2.61. The van der Waals surface area contributed by atoms with Crippen LogP contribution in [0.5, 0.6) is 0 Å². The highest BCUT2D eigenvalue weighted by atomic mass is 16.5. The van der Waals surface area contributed by atoms with Gasteiger partial charge in [-0.05, 0) is 6.07 Å². The van der Waals surface area contributed by atoms with E-state index in [9.17, 15) is 0 Å². The van der Waals surface area contributed by atoms with Crippen LogP contribution in [0.25, 0.3) is 0 Å². The number of rotatable bonds is 2. The van der Waals surface area contributed by atoms with E-state index in [0.29, 0.717) is 0 Å². The predicted molar refractivity (Wildman–Crippen MR) is 49.3 cm³/mol. The van der Waals surface area contributed by atoms with E-state index in [-0.39, 0.29) is 0 Å². The van der Waals surface area contributed by atoms with Crippen molar-refractivity contribution in [2.24, 2.45) is 7.05 Å². The number of hydrogen-bond donors (Lipinski definition) is 0. The van der Waals surface area contributed by atoms with Gasteiger partial charge in [-0.15, -0.1) is 0 Å². The molecule has 1 aliphatic rings. The quantitative estimate of drug-likeness (QED) is 0.655. The summed E-state index contributed by atoms with van der Waals surface area (Å²) in [6, 6.07) is 2.06. The Morgan fingerprint density at radius 2 is 2.23 bits per heavy atom. The Bertz CT molecular complexity index is 266. The standard InChI is InChI=1S/C9H15N3O/c1-11-9(2-3-10-11)8-12-4-6-13-7-5-12/h2-3H,4-8H2,1H3. The molecule has 2 rings (SSSR count). The van der Waals surface area contributed by atoms with E-state index in [1.807, 2.05) is 17.9 Å². The highest BCUT2D eigenvalue weighted by Crippen LogP contribution is 2.04. The Morgan fingerprint density at radius 3 is 2.85 bits per heavy atom. The van der Waals surface area contributed by atoms with Gasteiger partial charge in [0.2, 0.25) is 0 Å². The first kappa shape index (κ1) is 8.72. The van der Waals surface area contributed by atoms with E-state index in [2.05, 4.69) is 16.1 Å². The van der Waals surface area contributed by atoms with Crippen LogP contribution in [0.1, 0.15) is 5.69 Å². The molecule has 0 aromatic carbocycles. The Balaban J connectivity index is 1.93. The minimum absolute atomic E-state index is 0.859. The van der Waals surface area contributed by atoms with Crippen molar-refractivity contribution >= 4 is 0 Å². The summed E-state index contributed by atoms with van der Waals surface area (Å²) in [7, 11) is 1.98. The van der Waals surface area contributed by atoms with Gasteiger partial charge in [-0.2, -0.15) is 5.10 Å². The topological polar surface area (TPSA) is 30.3 Å². The molecule has 0 radical (unpaired) electrons. The maximum Gasteiger partial charge on any atom is 0.0594 e. The van der Waals surface area contributed by atoms with E-state index >= 15 is 0 Å². The molecule has 1 aliphatic heterocycles. The second-order valence-electron chi connectivity index (χ2n) is 3.33.